The van der Waals surface area contributed by atoms with Crippen molar-refractivity contribution < 1.29 is 24.9 Å². The Hall–Kier alpha value is -0.640. The number of nitrogens with one attached hydrogen (secondary N) is 2. The molecule has 0 aromatic rings. The largest absolute Gasteiger partial charge is 0.388 e. The average molecular weight is 403 g/mol. The van der Waals surface area contributed by atoms with Crippen molar-refractivity contribution in [1.82, 2.24) is 10.6 Å². The van der Waals surface area contributed by atoms with Crippen LogP contribution >= 0.6 is 11.8 Å². The molecule has 0 bridgehead atoms. The van der Waals surface area contributed by atoms with Crippen LogP contribution in [0.2, 0.25) is 0 Å². The number of ether oxygens (including phenoxy) is 1. The lowest BCUT2D eigenvalue weighted by Gasteiger charge is -2.44. The van der Waals surface area contributed by atoms with Crippen molar-refractivity contribution in [1.29, 1.82) is 0 Å². The zero-order chi connectivity index (χ0) is 20.1. The molecular weight excluding hydrogens is 368 g/mol. The highest BCUT2D eigenvalue weighted by atomic mass is 32.2. The Morgan fingerprint density at radius 1 is 1.33 bits per heavy atom. The van der Waals surface area contributed by atoms with Crippen LogP contribution < -0.4 is 10.6 Å². The normalized spacial score (nSPS) is 35.6. The summed E-state index contributed by atoms with van der Waals surface area (Å²) in [7, 11) is 0. The highest BCUT2D eigenvalue weighted by Gasteiger charge is 2.47. The number of carbonyl (C=O) groups excluding carboxylic acids is 1. The highest BCUT2D eigenvalue weighted by Crippen LogP contribution is 2.30. The molecule has 2 rings (SSSR count). The third-order valence-electron chi connectivity index (χ3n) is 5.33. The number of aliphatic hydroxyl groups is 3. The second-order valence-electron chi connectivity index (χ2n) is 7.73. The van der Waals surface area contributed by atoms with E-state index in [4.69, 9.17) is 4.74 Å². The van der Waals surface area contributed by atoms with Gasteiger partial charge in [-0.05, 0) is 25.0 Å². The molecule has 1 amide bonds. The van der Waals surface area contributed by atoms with E-state index in [0.29, 0.717) is 13.0 Å². The highest BCUT2D eigenvalue weighted by molar-refractivity contribution is 7.99. The van der Waals surface area contributed by atoms with Gasteiger partial charge in [-0.2, -0.15) is 0 Å². The first kappa shape index (κ1) is 22.6. The zero-order valence-corrected chi connectivity index (χ0v) is 17.4. The number of hydrogen-bond donors (Lipinski definition) is 5. The quantitative estimate of drug-likeness (QED) is 0.392. The molecule has 0 aromatic heterocycles. The van der Waals surface area contributed by atoms with Gasteiger partial charge in [0.1, 0.15) is 29.9 Å². The molecular formula is C19H34N2O5S. The Bertz CT molecular complexity index is 528. The first-order valence-corrected chi connectivity index (χ1v) is 11.0. The number of hydrogen-bond acceptors (Lipinski definition) is 7. The first-order valence-electron chi connectivity index (χ1n) is 9.74. The summed E-state index contributed by atoms with van der Waals surface area (Å²) in [4.78, 5) is 12.9. The molecule has 0 aromatic carbocycles. The molecule has 1 saturated heterocycles. The molecule has 156 valence electrons. The van der Waals surface area contributed by atoms with Gasteiger partial charge >= 0.3 is 0 Å². The monoisotopic (exact) mass is 402 g/mol. The van der Waals surface area contributed by atoms with Crippen molar-refractivity contribution in [2.75, 3.05) is 12.8 Å². The van der Waals surface area contributed by atoms with E-state index in [1.54, 1.807) is 6.26 Å². The third kappa shape index (κ3) is 5.46. The van der Waals surface area contributed by atoms with Gasteiger partial charge in [0, 0.05) is 6.54 Å². The maximum Gasteiger partial charge on any atom is 0.237 e. The van der Waals surface area contributed by atoms with Crippen molar-refractivity contribution in [2.45, 2.75) is 82.0 Å². The van der Waals surface area contributed by atoms with Gasteiger partial charge in [0.2, 0.25) is 5.91 Å². The Balaban J connectivity index is 2.08. The van der Waals surface area contributed by atoms with Gasteiger partial charge in [-0.3, -0.25) is 4.79 Å². The summed E-state index contributed by atoms with van der Waals surface area (Å²) >= 11 is 1.27. The van der Waals surface area contributed by atoms with Crippen LogP contribution in [-0.4, -0.2) is 76.0 Å². The SMILES string of the molecule is CCCC1=CCN[C@H](C(=O)N[C@H](C(C)C)C2O[C@H](SC)[C@H](O)[C@@H](O)[C@H]2O)C1. The fraction of sp³-hybridized carbons (Fsp3) is 0.842. The Kier molecular flexibility index (Phi) is 8.58. The molecule has 7 atom stereocenters. The maximum atomic E-state index is 12.9. The van der Waals surface area contributed by atoms with Crippen molar-refractivity contribution in [3.63, 3.8) is 0 Å². The first-order chi connectivity index (χ1) is 12.8. The molecule has 1 unspecified atom stereocenters. The minimum atomic E-state index is -1.31. The van der Waals surface area contributed by atoms with Crippen LogP contribution in [0.1, 0.15) is 40.0 Å². The summed E-state index contributed by atoms with van der Waals surface area (Å²) in [5, 5.41) is 36.9. The molecule has 0 radical (unpaired) electrons. The van der Waals surface area contributed by atoms with Crippen LogP contribution in [0.5, 0.6) is 0 Å². The van der Waals surface area contributed by atoms with Crippen LogP contribution in [0.25, 0.3) is 0 Å². The third-order valence-corrected chi connectivity index (χ3v) is 6.18. The number of aliphatic hydroxyl groups excluding tert-OH is 3. The summed E-state index contributed by atoms with van der Waals surface area (Å²) in [5.41, 5.74) is 0.630. The van der Waals surface area contributed by atoms with Gasteiger partial charge in [0.25, 0.3) is 0 Å². The minimum Gasteiger partial charge on any atom is -0.388 e. The lowest BCUT2D eigenvalue weighted by atomic mass is 9.88. The fourth-order valence-electron chi connectivity index (χ4n) is 3.73. The van der Waals surface area contributed by atoms with E-state index in [1.807, 2.05) is 13.8 Å². The number of carbonyl (C=O) groups is 1. The van der Waals surface area contributed by atoms with Crippen LogP contribution in [0.4, 0.5) is 0 Å². The molecule has 2 heterocycles. The molecule has 1 fully saturated rings. The van der Waals surface area contributed by atoms with Gasteiger partial charge in [0.15, 0.2) is 0 Å². The van der Waals surface area contributed by atoms with Crippen molar-refractivity contribution in [3.05, 3.63) is 11.6 Å². The predicted octanol–water partition coefficient (Wildman–Crippen LogP) is 0.386. The van der Waals surface area contributed by atoms with E-state index in [2.05, 4.69) is 23.6 Å². The van der Waals surface area contributed by atoms with Gasteiger partial charge in [-0.15, -0.1) is 11.8 Å². The van der Waals surface area contributed by atoms with Crippen LogP contribution in [0, 0.1) is 5.92 Å². The number of thioether (sulfide) groups is 1. The van der Waals surface area contributed by atoms with Gasteiger partial charge < -0.3 is 30.7 Å². The molecule has 0 aliphatic carbocycles. The molecule has 27 heavy (non-hydrogen) atoms. The van der Waals surface area contributed by atoms with Crippen LogP contribution in [0.15, 0.2) is 11.6 Å². The van der Waals surface area contributed by atoms with E-state index >= 15 is 0 Å². The minimum absolute atomic E-state index is 0.0206. The predicted molar refractivity (Wildman–Crippen MR) is 106 cm³/mol. The zero-order valence-electron chi connectivity index (χ0n) is 16.6. The summed E-state index contributed by atoms with van der Waals surface area (Å²) in [6.07, 6.45) is 2.07. The summed E-state index contributed by atoms with van der Waals surface area (Å²) in [6, 6.07) is -0.794. The topological polar surface area (TPSA) is 111 Å². The average Bonchev–Trinajstić information content (AvgIpc) is 2.65. The molecule has 5 N–H and O–H groups in total. The summed E-state index contributed by atoms with van der Waals surface area (Å²) < 4.78 is 5.86. The van der Waals surface area contributed by atoms with Crippen molar-refractivity contribution in [2.24, 2.45) is 5.92 Å². The Labute approximate surface area is 165 Å². The van der Waals surface area contributed by atoms with E-state index in [0.717, 1.165) is 12.8 Å². The summed E-state index contributed by atoms with van der Waals surface area (Å²) in [6.45, 7) is 6.66. The molecule has 7 nitrogen and oxygen atoms in total. The fourth-order valence-corrected chi connectivity index (χ4v) is 4.41. The van der Waals surface area contributed by atoms with E-state index in [9.17, 15) is 20.1 Å². The van der Waals surface area contributed by atoms with Gasteiger partial charge in [-0.1, -0.05) is 38.8 Å². The molecule has 2 aliphatic heterocycles. The van der Waals surface area contributed by atoms with Crippen LogP contribution in [-0.2, 0) is 9.53 Å². The van der Waals surface area contributed by atoms with Crippen molar-refractivity contribution in [3.8, 4) is 0 Å². The smallest absolute Gasteiger partial charge is 0.237 e. The van der Waals surface area contributed by atoms with Crippen molar-refractivity contribution >= 4 is 17.7 Å². The second kappa shape index (κ2) is 10.2. The lowest BCUT2D eigenvalue weighted by molar-refractivity contribution is -0.208. The summed E-state index contributed by atoms with van der Waals surface area (Å²) in [5.74, 6) is -0.152. The van der Waals surface area contributed by atoms with Gasteiger partial charge in [-0.25, -0.2) is 0 Å². The standard InChI is InChI=1S/C19H34N2O5S/c1-5-6-11-7-8-20-12(9-11)18(25)21-13(10(2)3)17-15(23)14(22)16(24)19(26-17)27-4/h7,10,12-17,19-20,22-24H,5-6,8-9H2,1-4H3,(H,21,25)/t12-,13+,14-,15+,16+,17?,19+/m0/s1. The second-order valence-corrected chi connectivity index (χ2v) is 8.67. The molecule has 0 saturated carbocycles. The molecule has 2 aliphatic rings. The lowest BCUT2D eigenvalue weighted by Crippen LogP contribution is -2.64. The van der Waals surface area contributed by atoms with E-state index in [-0.39, 0.29) is 17.9 Å². The molecule has 0 spiro atoms. The van der Waals surface area contributed by atoms with Crippen LogP contribution in [0.3, 0.4) is 0 Å². The Morgan fingerprint density at radius 3 is 2.63 bits per heavy atom. The van der Waals surface area contributed by atoms with Gasteiger partial charge in [0.05, 0.1) is 12.1 Å². The van der Waals surface area contributed by atoms with E-state index in [1.165, 1.54) is 17.3 Å². The number of amides is 1. The Morgan fingerprint density at radius 2 is 2.04 bits per heavy atom. The molecule has 8 heteroatoms. The number of rotatable bonds is 7. The van der Waals surface area contributed by atoms with E-state index < -0.39 is 35.9 Å². The maximum absolute atomic E-state index is 12.9.